The van der Waals surface area contributed by atoms with Crippen LogP contribution in [-0.2, 0) is 4.79 Å². The maximum absolute atomic E-state index is 14.1. The number of likely N-dealkylation sites (tertiary alicyclic amines) is 1. The van der Waals surface area contributed by atoms with Crippen LogP contribution < -0.4 is 0 Å². The van der Waals surface area contributed by atoms with Crippen LogP contribution in [0.2, 0.25) is 0 Å². The molecular weight excluding hydrogens is 498 g/mol. The minimum Gasteiger partial charge on any atom is -0.480 e. The summed E-state index contributed by atoms with van der Waals surface area (Å²) in [6.07, 6.45) is 3.62. The molecule has 1 N–H and O–H groups in total. The van der Waals surface area contributed by atoms with Gasteiger partial charge in [-0.2, -0.15) is 0 Å². The first kappa shape index (κ1) is 25.4. The van der Waals surface area contributed by atoms with Gasteiger partial charge in [0.15, 0.2) is 5.76 Å². The van der Waals surface area contributed by atoms with Gasteiger partial charge in [0.2, 0.25) is 5.78 Å². The van der Waals surface area contributed by atoms with Crippen LogP contribution in [0.3, 0.4) is 0 Å². The monoisotopic (exact) mass is 525 g/mol. The molecule has 5 rings (SSSR count). The summed E-state index contributed by atoms with van der Waals surface area (Å²) in [5.74, 6) is -2.81. The minimum atomic E-state index is -1.25. The number of ketones is 1. The van der Waals surface area contributed by atoms with Crippen LogP contribution in [0.1, 0.15) is 48.6 Å². The van der Waals surface area contributed by atoms with Crippen LogP contribution in [0.15, 0.2) is 94.7 Å². The molecule has 0 aliphatic carbocycles. The molecule has 0 bridgehead atoms. The lowest BCUT2D eigenvalue weighted by atomic mass is 9.80. The highest BCUT2D eigenvalue weighted by Gasteiger charge is 2.57. The van der Waals surface area contributed by atoms with Crippen molar-refractivity contribution < 1.29 is 23.9 Å². The lowest BCUT2D eigenvalue weighted by Crippen LogP contribution is -2.46. The third-order valence-corrected chi connectivity index (χ3v) is 8.12. The largest absolute Gasteiger partial charge is 0.480 e. The molecule has 4 atom stereocenters. The number of carbonyl (C=O) groups excluding carboxylic acids is 2. The van der Waals surface area contributed by atoms with E-state index >= 15 is 0 Å². The Morgan fingerprint density at radius 1 is 0.921 bits per heavy atom. The highest BCUT2D eigenvalue weighted by molar-refractivity contribution is 7.10. The highest BCUT2D eigenvalue weighted by Crippen LogP contribution is 2.48. The number of aryl methyl sites for hydroxylation is 2. The molecule has 4 unspecified atom stereocenters. The Bertz CT molecular complexity index is 1490. The van der Waals surface area contributed by atoms with E-state index in [1.165, 1.54) is 16.2 Å². The van der Waals surface area contributed by atoms with Crippen molar-refractivity contribution in [2.75, 3.05) is 0 Å². The van der Waals surface area contributed by atoms with E-state index in [0.29, 0.717) is 11.3 Å². The average Bonchev–Trinajstić information content (AvgIpc) is 3.64. The Labute approximate surface area is 224 Å². The summed E-state index contributed by atoms with van der Waals surface area (Å²) in [7, 11) is 0. The number of carbonyl (C=O) groups is 3. The quantitative estimate of drug-likeness (QED) is 0.289. The summed E-state index contributed by atoms with van der Waals surface area (Å²) in [5.41, 5.74) is 2.13. The third kappa shape index (κ3) is 4.73. The minimum absolute atomic E-state index is 0.156. The number of furan rings is 1. The van der Waals surface area contributed by atoms with E-state index in [4.69, 9.17) is 4.42 Å². The second-order valence-corrected chi connectivity index (χ2v) is 10.4. The number of nitrogens with zero attached hydrogens (tertiary/aromatic N) is 1. The third-order valence-electron chi connectivity index (χ3n) is 7.00. The van der Waals surface area contributed by atoms with Gasteiger partial charge in [0.1, 0.15) is 11.8 Å². The lowest BCUT2D eigenvalue weighted by molar-refractivity contribution is -0.142. The van der Waals surface area contributed by atoms with E-state index in [1.807, 2.05) is 54.8 Å². The number of thiophene rings is 1. The fraction of sp³-hybridized carbons (Fsp3) is 0.194. The second kappa shape index (κ2) is 10.6. The predicted molar refractivity (Wildman–Crippen MR) is 146 cm³/mol. The smallest absolute Gasteiger partial charge is 0.327 e. The number of carboxylic acid groups (broad SMARTS) is 1. The lowest BCUT2D eigenvalue weighted by Gasteiger charge is -2.28. The standard InChI is InChI=1S/C31H27NO5S/c1-19-17-18-38-29(19)26-25(28(33)24-16-13-20(2)37-24)23(15-14-21-9-5-3-6-10-21)32(27(26)31(35)36)30(34)22-11-7-4-8-12-22/h3-18,23,25-27H,1-2H3,(H,35,36). The molecule has 6 nitrogen and oxygen atoms in total. The molecule has 3 heterocycles. The maximum Gasteiger partial charge on any atom is 0.327 e. The van der Waals surface area contributed by atoms with Gasteiger partial charge in [0.25, 0.3) is 5.91 Å². The Kier molecular flexibility index (Phi) is 7.11. The molecule has 1 saturated heterocycles. The number of rotatable bonds is 7. The van der Waals surface area contributed by atoms with Gasteiger partial charge in [-0.15, -0.1) is 11.3 Å². The molecule has 0 saturated carbocycles. The number of benzene rings is 2. The first-order valence-corrected chi connectivity index (χ1v) is 13.2. The predicted octanol–water partition coefficient (Wildman–Crippen LogP) is 6.23. The SMILES string of the molecule is Cc1ccc(C(=O)C2C(c3sccc3C)C(C(=O)O)N(C(=O)c3ccccc3)C2C=Cc2ccccc2)o1. The number of aliphatic carboxylic acids is 1. The van der Waals surface area contributed by atoms with Crippen LogP contribution in [-0.4, -0.2) is 39.7 Å². The Hall–Kier alpha value is -4.23. The maximum atomic E-state index is 14.1. The zero-order valence-corrected chi connectivity index (χ0v) is 21.8. The number of hydrogen-bond donors (Lipinski definition) is 1. The molecule has 1 fully saturated rings. The van der Waals surface area contributed by atoms with Crippen molar-refractivity contribution in [2.45, 2.75) is 31.8 Å². The Balaban J connectivity index is 1.72. The van der Waals surface area contributed by atoms with Gasteiger partial charge in [0.05, 0.1) is 12.0 Å². The molecule has 0 spiro atoms. The van der Waals surface area contributed by atoms with Gasteiger partial charge in [-0.25, -0.2) is 4.79 Å². The number of Topliss-reactive ketones (excluding diaryl/α,β-unsaturated/α-hetero) is 1. The van der Waals surface area contributed by atoms with Gasteiger partial charge in [-0.05, 0) is 60.7 Å². The van der Waals surface area contributed by atoms with E-state index in [2.05, 4.69) is 0 Å². The number of carboxylic acids is 1. The molecule has 38 heavy (non-hydrogen) atoms. The van der Waals surface area contributed by atoms with Crippen molar-refractivity contribution in [3.05, 3.63) is 123 Å². The van der Waals surface area contributed by atoms with Crippen LogP contribution in [0.25, 0.3) is 6.08 Å². The summed E-state index contributed by atoms with van der Waals surface area (Å²) in [4.78, 5) is 43.2. The summed E-state index contributed by atoms with van der Waals surface area (Å²) in [6, 6.07) is 21.3. The zero-order chi connectivity index (χ0) is 26.8. The molecule has 192 valence electrons. The first-order valence-electron chi connectivity index (χ1n) is 12.3. The molecule has 2 aromatic carbocycles. The fourth-order valence-corrected chi connectivity index (χ4v) is 6.38. The van der Waals surface area contributed by atoms with E-state index in [1.54, 1.807) is 55.5 Å². The average molecular weight is 526 g/mol. The molecular formula is C31H27NO5S. The van der Waals surface area contributed by atoms with E-state index in [0.717, 1.165) is 16.0 Å². The zero-order valence-electron chi connectivity index (χ0n) is 21.0. The first-order chi connectivity index (χ1) is 18.4. The second-order valence-electron chi connectivity index (χ2n) is 9.42. The fourth-order valence-electron chi connectivity index (χ4n) is 5.27. The van der Waals surface area contributed by atoms with Crippen LogP contribution >= 0.6 is 11.3 Å². The topological polar surface area (TPSA) is 87.8 Å². The number of hydrogen-bond acceptors (Lipinski definition) is 5. The molecule has 7 heteroatoms. The number of amides is 1. The van der Waals surface area contributed by atoms with Gasteiger partial charge in [-0.3, -0.25) is 9.59 Å². The summed E-state index contributed by atoms with van der Waals surface area (Å²) < 4.78 is 5.72. The normalized spacial score (nSPS) is 21.2. The van der Waals surface area contributed by atoms with Crippen LogP contribution in [0.5, 0.6) is 0 Å². The van der Waals surface area contributed by atoms with Crippen molar-refractivity contribution >= 4 is 35.1 Å². The van der Waals surface area contributed by atoms with Gasteiger partial charge < -0.3 is 14.4 Å². The van der Waals surface area contributed by atoms with Crippen LogP contribution in [0.4, 0.5) is 0 Å². The highest BCUT2D eigenvalue weighted by atomic mass is 32.1. The van der Waals surface area contributed by atoms with E-state index in [-0.39, 0.29) is 11.5 Å². The molecule has 1 aliphatic heterocycles. The van der Waals surface area contributed by atoms with Crippen molar-refractivity contribution in [1.82, 2.24) is 4.90 Å². The molecule has 0 radical (unpaired) electrons. The van der Waals surface area contributed by atoms with Gasteiger partial charge >= 0.3 is 5.97 Å². The molecule has 1 amide bonds. The Morgan fingerprint density at radius 3 is 2.18 bits per heavy atom. The summed E-state index contributed by atoms with van der Waals surface area (Å²) in [6.45, 7) is 3.66. The van der Waals surface area contributed by atoms with Crippen molar-refractivity contribution in [3.8, 4) is 0 Å². The molecule has 1 aliphatic rings. The Morgan fingerprint density at radius 2 is 1.61 bits per heavy atom. The van der Waals surface area contributed by atoms with E-state index < -0.39 is 35.8 Å². The molecule has 2 aromatic heterocycles. The van der Waals surface area contributed by atoms with Gasteiger partial charge in [-0.1, -0.05) is 60.7 Å². The summed E-state index contributed by atoms with van der Waals surface area (Å²) >= 11 is 1.41. The summed E-state index contributed by atoms with van der Waals surface area (Å²) in [5, 5.41) is 12.5. The van der Waals surface area contributed by atoms with E-state index in [9.17, 15) is 19.5 Å². The van der Waals surface area contributed by atoms with Crippen molar-refractivity contribution in [3.63, 3.8) is 0 Å². The van der Waals surface area contributed by atoms with Gasteiger partial charge in [0, 0.05) is 16.4 Å². The van der Waals surface area contributed by atoms with Crippen molar-refractivity contribution in [2.24, 2.45) is 5.92 Å². The van der Waals surface area contributed by atoms with Crippen LogP contribution in [0, 0.1) is 19.8 Å². The molecule has 4 aromatic rings. The van der Waals surface area contributed by atoms with Crippen molar-refractivity contribution in [1.29, 1.82) is 0 Å².